The predicted molar refractivity (Wildman–Crippen MR) is 117 cm³/mol. The highest BCUT2D eigenvalue weighted by Gasteiger charge is 2.20. The molecule has 162 valence electrons. The minimum absolute atomic E-state index is 0.0421. The Balaban J connectivity index is 1.84. The third-order valence-electron chi connectivity index (χ3n) is 4.51. The summed E-state index contributed by atoms with van der Waals surface area (Å²) < 4.78 is 47.2. The number of hydrogen-bond acceptors (Lipinski definition) is 4. The minimum atomic E-state index is -4.03. The molecule has 1 N–H and O–H groups in total. The summed E-state index contributed by atoms with van der Waals surface area (Å²) in [5.74, 6) is -0.566. The smallest absolute Gasteiger partial charge is 0.262 e. The molecule has 0 heterocycles. The maximum Gasteiger partial charge on any atom is 0.262 e. The van der Waals surface area contributed by atoms with Gasteiger partial charge in [-0.15, -0.1) is 0 Å². The van der Waals surface area contributed by atoms with Crippen LogP contribution in [-0.4, -0.2) is 33.4 Å². The molecule has 3 aromatic carbocycles. The number of ether oxygens (including phenoxy) is 1. The summed E-state index contributed by atoms with van der Waals surface area (Å²) in [4.78, 5) is 14.0. The zero-order valence-corrected chi connectivity index (χ0v) is 18.4. The van der Waals surface area contributed by atoms with E-state index in [1.807, 2.05) is 0 Å². The number of carbonyl (C=O) groups is 1. The molecule has 0 unspecified atom stereocenters. The molecule has 3 rings (SSSR count). The number of benzene rings is 3. The standard InChI is InChI=1S/C22H20ClFN2O4S/c1-26(14-16-6-3-4-9-19(16)24)22(27)15-7-5-8-18(12-15)31(28,29)25-20-13-17(23)10-11-21(20)30-2/h3-13,25H,14H2,1-2H3. The fourth-order valence-electron chi connectivity index (χ4n) is 2.93. The molecule has 6 nitrogen and oxygen atoms in total. The van der Waals surface area contributed by atoms with Crippen molar-refractivity contribution in [2.75, 3.05) is 18.9 Å². The zero-order valence-electron chi connectivity index (χ0n) is 16.8. The number of nitrogens with one attached hydrogen (secondary N) is 1. The molecule has 0 bridgehead atoms. The van der Waals surface area contributed by atoms with Crippen molar-refractivity contribution < 1.29 is 22.3 Å². The summed E-state index contributed by atoms with van der Waals surface area (Å²) in [6.07, 6.45) is 0. The highest BCUT2D eigenvalue weighted by atomic mass is 35.5. The second-order valence-electron chi connectivity index (χ2n) is 6.73. The molecule has 0 radical (unpaired) electrons. The van der Waals surface area contributed by atoms with Crippen molar-refractivity contribution in [3.05, 3.63) is 88.7 Å². The molecule has 0 saturated heterocycles. The molecule has 0 spiro atoms. The maximum absolute atomic E-state index is 13.9. The molecule has 0 aliphatic heterocycles. The summed E-state index contributed by atoms with van der Waals surface area (Å²) >= 11 is 5.96. The van der Waals surface area contributed by atoms with Gasteiger partial charge in [-0.05, 0) is 42.5 Å². The van der Waals surface area contributed by atoms with E-state index >= 15 is 0 Å². The van der Waals surface area contributed by atoms with Crippen molar-refractivity contribution in [3.8, 4) is 5.75 Å². The Kier molecular flexibility index (Phi) is 6.82. The van der Waals surface area contributed by atoms with Gasteiger partial charge < -0.3 is 9.64 Å². The predicted octanol–water partition coefficient (Wildman–Crippen LogP) is 4.56. The highest BCUT2D eigenvalue weighted by molar-refractivity contribution is 7.92. The Morgan fingerprint density at radius 3 is 2.55 bits per heavy atom. The summed E-state index contributed by atoms with van der Waals surface area (Å²) in [5.41, 5.74) is 0.681. The van der Waals surface area contributed by atoms with Gasteiger partial charge in [-0.3, -0.25) is 9.52 Å². The summed E-state index contributed by atoms with van der Waals surface area (Å²) in [5, 5.41) is 0.331. The van der Waals surface area contributed by atoms with Gasteiger partial charge in [-0.1, -0.05) is 35.9 Å². The van der Waals surface area contributed by atoms with Crippen LogP contribution in [0.5, 0.6) is 5.75 Å². The van der Waals surface area contributed by atoms with E-state index in [4.69, 9.17) is 16.3 Å². The second-order valence-corrected chi connectivity index (χ2v) is 8.85. The highest BCUT2D eigenvalue weighted by Crippen LogP contribution is 2.30. The average Bonchev–Trinajstić information content (AvgIpc) is 2.75. The lowest BCUT2D eigenvalue weighted by Gasteiger charge is -2.18. The first kappa shape index (κ1) is 22.6. The Morgan fingerprint density at radius 1 is 1.10 bits per heavy atom. The fraction of sp³-hybridized carbons (Fsp3) is 0.136. The molecule has 0 atom stereocenters. The van der Waals surface area contributed by atoms with Crippen molar-refractivity contribution in [1.29, 1.82) is 0 Å². The average molecular weight is 463 g/mol. The third-order valence-corrected chi connectivity index (χ3v) is 6.11. The minimum Gasteiger partial charge on any atom is -0.495 e. The van der Waals surface area contributed by atoms with Crippen LogP contribution in [0.3, 0.4) is 0 Å². The van der Waals surface area contributed by atoms with Gasteiger partial charge in [0.2, 0.25) is 0 Å². The molecule has 3 aromatic rings. The van der Waals surface area contributed by atoms with E-state index < -0.39 is 21.7 Å². The summed E-state index contributed by atoms with van der Waals surface area (Å²) in [6, 6.07) is 16.3. The van der Waals surface area contributed by atoms with Crippen LogP contribution in [0, 0.1) is 5.82 Å². The Morgan fingerprint density at radius 2 is 1.84 bits per heavy atom. The summed E-state index contributed by atoms with van der Waals surface area (Å²) in [7, 11) is -1.10. The number of amides is 1. The van der Waals surface area contributed by atoms with E-state index in [-0.39, 0.29) is 22.7 Å². The number of rotatable bonds is 7. The van der Waals surface area contributed by atoms with Gasteiger partial charge in [0.15, 0.2) is 0 Å². The fourth-order valence-corrected chi connectivity index (χ4v) is 4.21. The Bertz CT molecular complexity index is 1220. The Labute approximate surface area is 185 Å². The molecule has 0 aromatic heterocycles. The lowest BCUT2D eigenvalue weighted by molar-refractivity contribution is 0.0783. The first-order valence-corrected chi connectivity index (χ1v) is 11.0. The van der Waals surface area contributed by atoms with Gasteiger partial charge in [0.05, 0.1) is 17.7 Å². The normalized spacial score (nSPS) is 11.1. The Hall–Kier alpha value is -3.10. The zero-order chi connectivity index (χ0) is 22.6. The molecule has 0 saturated carbocycles. The number of halogens is 2. The molecule has 0 aliphatic rings. The number of nitrogens with zero attached hydrogens (tertiary/aromatic N) is 1. The quantitative estimate of drug-likeness (QED) is 0.558. The van der Waals surface area contributed by atoms with E-state index in [1.165, 1.54) is 61.5 Å². The van der Waals surface area contributed by atoms with Crippen LogP contribution >= 0.6 is 11.6 Å². The first-order valence-electron chi connectivity index (χ1n) is 9.16. The van der Waals surface area contributed by atoms with Gasteiger partial charge >= 0.3 is 0 Å². The number of sulfonamides is 1. The van der Waals surface area contributed by atoms with Crippen LogP contribution < -0.4 is 9.46 Å². The third kappa shape index (κ3) is 5.34. The van der Waals surface area contributed by atoms with Crippen LogP contribution in [0.4, 0.5) is 10.1 Å². The van der Waals surface area contributed by atoms with Crippen LogP contribution in [0.15, 0.2) is 71.6 Å². The van der Waals surface area contributed by atoms with E-state index in [2.05, 4.69) is 4.72 Å². The van der Waals surface area contributed by atoms with Crippen molar-refractivity contribution in [1.82, 2.24) is 4.90 Å². The number of methoxy groups -OCH3 is 1. The SMILES string of the molecule is COc1ccc(Cl)cc1NS(=O)(=O)c1cccc(C(=O)N(C)Cc2ccccc2F)c1. The van der Waals surface area contributed by atoms with E-state index in [9.17, 15) is 17.6 Å². The monoisotopic (exact) mass is 462 g/mol. The summed E-state index contributed by atoms with van der Waals surface area (Å²) in [6.45, 7) is 0.0421. The topological polar surface area (TPSA) is 75.7 Å². The van der Waals surface area contributed by atoms with Gasteiger partial charge in [0.25, 0.3) is 15.9 Å². The first-order chi connectivity index (χ1) is 14.7. The number of anilines is 1. The van der Waals surface area contributed by atoms with Gasteiger partial charge in [-0.2, -0.15) is 0 Å². The van der Waals surface area contributed by atoms with Crippen LogP contribution in [-0.2, 0) is 16.6 Å². The van der Waals surface area contributed by atoms with Crippen molar-refractivity contribution in [3.63, 3.8) is 0 Å². The molecule has 31 heavy (non-hydrogen) atoms. The van der Waals surface area contributed by atoms with Gasteiger partial charge in [-0.25, -0.2) is 12.8 Å². The van der Waals surface area contributed by atoms with Crippen molar-refractivity contribution in [2.24, 2.45) is 0 Å². The number of hydrogen-bond donors (Lipinski definition) is 1. The van der Waals surface area contributed by atoms with E-state index in [0.717, 1.165) is 0 Å². The number of carbonyl (C=O) groups excluding carboxylic acids is 1. The maximum atomic E-state index is 13.9. The molecular weight excluding hydrogens is 443 g/mol. The van der Waals surface area contributed by atoms with E-state index in [0.29, 0.717) is 16.3 Å². The van der Waals surface area contributed by atoms with Gasteiger partial charge in [0, 0.05) is 29.7 Å². The second kappa shape index (κ2) is 9.36. The van der Waals surface area contributed by atoms with Crippen molar-refractivity contribution in [2.45, 2.75) is 11.4 Å². The van der Waals surface area contributed by atoms with Gasteiger partial charge in [0.1, 0.15) is 11.6 Å². The largest absolute Gasteiger partial charge is 0.495 e. The molecule has 0 aliphatic carbocycles. The van der Waals surface area contributed by atoms with E-state index in [1.54, 1.807) is 24.3 Å². The molecule has 1 amide bonds. The van der Waals surface area contributed by atoms with Crippen LogP contribution in [0.1, 0.15) is 15.9 Å². The molecule has 9 heteroatoms. The lowest BCUT2D eigenvalue weighted by atomic mass is 10.1. The lowest BCUT2D eigenvalue weighted by Crippen LogP contribution is -2.27. The van der Waals surface area contributed by atoms with Crippen molar-refractivity contribution >= 4 is 33.2 Å². The van der Waals surface area contributed by atoms with Crippen LogP contribution in [0.2, 0.25) is 5.02 Å². The molecular formula is C22H20ClFN2O4S. The van der Waals surface area contributed by atoms with Crippen LogP contribution in [0.25, 0.3) is 0 Å². The molecule has 0 fully saturated rings.